The standard InChI is InChI=1S/C19H23N5O2/c1-13-10-15(3)24(19(26)22-13)9-8-20-14(2)11-23-12-21-17-7-5-4-6-16(17)18(23)25/h4-7,10,12,14,20H,8-9,11H2,1-3H3. The molecule has 0 aliphatic heterocycles. The van der Waals surface area contributed by atoms with Gasteiger partial charge in [-0.2, -0.15) is 4.98 Å². The number of hydrogen-bond acceptors (Lipinski definition) is 5. The number of fused-ring (bicyclic) bond motifs is 1. The molecule has 0 fully saturated rings. The van der Waals surface area contributed by atoms with E-state index in [9.17, 15) is 9.59 Å². The van der Waals surface area contributed by atoms with E-state index in [-0.39, 0.29) is 17.3 Å². The molecule has 3 aromatic rings. The molecule has 136 valence electrons. The van der Waals surface area contributed by atoms with Crippen molar-refractivity contribution in [3.8, 4) is 0 Å². The molecule has 1 unspecified atom stereocenters. The molecule has 1 N–H and O–H groups in total. The van der Waals surface area contributed by atoms with Gasteiger partial charge in [0.05, 0.1) is 17.2 Å². The molecule has 7 nitrogen and oxygen atoms in total. The highest BCUT2D eigenvalue weighted by atomic mass is 16.1. The molecule has 0 amide bonds. The van der Waals surface area contributed by atoms with Crippen LogP contribution in [0.3, 0.4) is 0 Å². The van der Waals surface area contributed by atoms with Crippen LogP contribution in [0.1, 0.15) is 18.3 Å². The van der Waals surface area contributed by atoms with Crippen molar-refractivity contribution in [2.75, 3.05) is 6.54 Å². The zero-order valence-corrected chi connectivity index (χ0v) is 15.3. The molecule has 0 aliphatic rings. The Bertz CT molecular complexity index is 1040. The van der Waals surface area contributed by atoms with Crippen molar-refractivity contribution in [2.24, 2.45) is 0 Å². The molecule has 0 saturated heterocycles. The number of nitrogens with one attached hydrogen (secondary N) is 1. The second-order valence-electron chi connectivity index (χ2n) is 6.55. The zero-order chi connectivity index (χ0) is 18.7. The van der Waals surface area contributed by atoms with Gasteiger partial charge in [0.15, 0.2) is 0 Å². The summed E-state index contributed by atoms with van der Waals surface area (Å²) < 4.78 is 3.27. The van der Waals surface area contributed by atoms with Crippen molar-refractivity contribution in [1.82, 2.24) is 24.4 Å². The van der Waals surface area contributed by atoms with Gasteiger partial charge in [-0.05, 0) is 39.0 Å². The molecule has 0 radical (unpaired) electrons. The number of benzene rings is 1. The van der Waals surface area contributed by atoms with Crippen molar-refractivity contribution in [3.05, 3.63) is 68.9 Å². The summed E-state index contributed by atoms with van der Waals surface area (Å²) >= 11 is 0. The van der Waals surface area contributed by atoms with Crippen LogP contribution >= 0.6 is 0 Å². The average molecular weight is 353 g/mol. The molecular formula is C19H23N5O2. The fourth-order valence-electron chi connectivity index (χ4n) is 3.07. The van der Waals surface area contributed by atoms with E-state index in [1.54, 1.807) is 21.5 Å². The second kappa shape index (κ2) is 7.61. The smallest absolute Gasteiger partial charge is 0.311 e. The molecule has 0 spiro atoms. The topological polar surface area (TPSA) is 81.8 Å². The molecule has 0 aliphatic carbocycles. The first-order valence-corrected chi connectivity index (χ1v) is 8.68. The van der Waals surface area contributed by atoms with Crippen LogP contribution in [0, 0.1) is 13.8 Å². The van der Waals surface area contributed by atoms with E-state index in [1.807, 2.05) is 45.0 Å². The van der Waals surface area contributed by atoms with E-state index in [0.717, 1.165) is 11.4 Å². The average Bonchev–Trinajstić information content (AvgIpc) is 2.60. The van der Waals surface area contributed by atoms with Gasteiger partial charge in [-0.3, -0.25) is 13.9 Å². The Morgan fingerprint density at radius 1 is 1.19 bits per heavy atom. The van der Waals surface area contributed by atoms with Gasteiger partial charge >= 0.3 is 5.69 Å². The molecule has 0 saturated carbocycles. The summed E-state index contributed by atoms with van der Waals surface area (Å²) in [6, 6.07) is 9.29. The maximum atomic E-state index is 12.5. The fraction of sp³-hybridized carbons (Fsp3) is 0.368. The van der Waals surface area contributed by atoms with Gasteiger partial charge in [-0.25, -0.2) is 9.78 Å². The third-order valence-electron chi connectivity index (χ3n) is 4.38. The summed E-state index contributed by atoms with van der Waals surface area (Å²) in [5.74, 6) is 0. The number of nitrogens with zero attached hydrogens (tertiary/aromatic N) is 4. The first-order chi connectivity index (χ1) is 12.5. The Morgan fingerprint density at radius 2 is 1.96 bits per heavy atom. The van der Waals surface area contributed by atoms with Crippen LogP contribution in [-0.4, -0.2) is 31.7 Å². The molecule has 0 bridgehead atoms. The van der Waals surface area contributed by atoms with Crippen molar-refractivity contribution in [1.29, 1.82) is 0 Å². The SMILES string of the molecule is Cc1cc(C)n(CCNC(C)Cn2cnc3ccccc3c2=O)c(=O)n1. The maximum Gasteiger partial charge on any atom is 0.347 e. The van der Waals surface area contributed by atoms with E-state index in [2.05, 4.69) is 15.3 Å². The number of aromatic nitrogens is 4. The summed E-state index contributed by atoms with van der Waals surface area (Å²) in [5, 5.41) is 3.97. The van der Waals surface area contributed by atoms with Crippen LogP contribution in [0.2, 0.25) is 0 Å². The Labute approximate surface area is 151 Å². The predicted octanol–water partition coefficient (Wildman–Crippen LogP) is 1.25. The number of rotatable bonds is 6. The lowest BCUT2D eigenvalue weighted by Gasteiger charge is -2.16. The van der Waals surface area contributed by atoms with E-state index in [4.69, 9.17) is 0 Å². The van der Waals surface area contributed by atoms with E-state index in [0.29, 0.717) is 30.5 Å². The molecule has 1 atom stereocenters. The first-order valence-electron chi connectivity index (χ1n) is 8.68. The highest BCUT2D eigenvalue weighted by Crippen LogP contribution is 2.05. The van der Waals surface area contributed by atoms with Crippen LogP contribution in [-0.2, 0) is 13.1 Å². The van der Waals surface area contributed by atoms with Crippen molar-refractivity contribution < 1.29 is 0 Å². The third kappa shape index (κ3) is 3.88. The highest BCUT2D eigenvalue weighted by molar-refractivity contribution is 5.76. The monoisotopic (exact) mass is 353 g/mol. The van der Waals surface area contributed by atoms with Gasteiger partial charge in [0.25, 0.3) is 5.56 Å². The molecule has 7 heteroatoms. The maximum absolute atomic E-state index is 12.5. The Morgan fingerprint density at radius 3 is 2.73 bits per heavy atom. The lowest BCUT2D eigenvalue weighted by molar-refractivity contribution is 0.447. The summed E-state index contributed by atoms with van der Waals surface area (Å²) in [7, 11) is 0. The minimum atomic E-state index is -0.230. The van der Waals surface area contributed by atoms with Crippen molar-refractivity contribution in [2.45, 2.75) is 39.9 Å². The van der Waals surface area contributed by atoms with Gasteiger partial charge in [0.1, 0.15) is 0 Å². The minimum absolute atomic E-state index is 0.0425. The summed E-state index contributed by atoms with van der Waals surface area (Å²) in [6.07, 6.45) is 1.58. The fourth-order valence-corrected chi connectivity index (χ4v) is 3.07. The number of para-hydroxylation sites is 1. The second-order valence-corrected chi connectivity index (χ2v) is 6.55. The normalized spacial score (nSPS) is 12.4. The molecule has 3 rings (SSSR count). The van der Waals surface area contributed by atoms with E-state index in [1.165, 1.54) is 0 Å². The molecule has 26 heavy (non-hydrogen) atoms. The lowest BCUT2D eigenvalue weighted by Crippen LogP contribution is -2.38. The zero-order valence-electron chi connectivity index (χ0n) is 15.3. The third-order valence-corrected chi connectivity index (χ3v) is 4.38. The Hall–Kier alpha value is -2.80. The van der Waals surface area contributed by atoms with Crippen LogP contribution in [0.25, 0.3) is 10.9 Å². The highest BCUT2D eigenvalue weighted by Gasteiger charge is 2.08. The van der Waals surface area contributed by atoms with Gasteiger partial charge in [-0.15, -0.1) is 0 Å². The predicted molar refractivity (Wildman–Crippen MR) is 101 cm³/mol. The van der Waals surface area contributed by atoms with E-state index < -0.39 is 0 Å². The van der Waals surface area contributed by atoms with Gasteiger partial charge < -0.3 is 5.32 Å². The van der Waals surface area contributed by atoms with Crippen molar-refractivity contribution in [3.63, 3.8) is 0 Å². The largest absolute Gasteiger partial charge is 0.347 e. The first kappa shape index (κ1) is 18.0. The van der Waals surface area contributed by atoms with E-state index >= 15 is 0 Å². The summed E-state index contributed by atoms with van der Waals surface area (Å²) in [6.45, 7) is 7.38. The van der Waals surface area contributed by atoms with Gasteiger partial charge in [-0.1, -0.05) is 12.1 Å². The van der Waals surface area contributed by atoms with Crippen LogP contribution in [0.15, 0.2) is 46.2 Å². The molecular weight excluding hydrogens is 330 g/mol. The van der Waals surface area contributed by atoms with Gasteiger partial charge in [0, 0.05) is 37.1 Å². The van der Waals surface area contributed by atoms with Crippen molar-refractivity contribution >= 4 is 10.9 Å². The minimum Gasteiger partial charge on any atom is -0.311 e. The molecule has 2 heterocycles. The number of hydrogen-bond donors (Lipinski definition) is 1. The van der Waals surface area contributed by atoms with Gasteiger partial charge in [0.2, 0.25) is 0 Å². The summed E-state index contributed by atoms with van der Waals surface area (Å²) in [5.41, 5.74) is 2.06. The van der Waals surface area contributed by atoms with Crippen LogP contribution in [0.5, 0.6) is 0 Å². The molecule has 1 aromatic carbocycles. The van der Waals surface area contributed by atoms with Crippen LogP contribution in [0.4, 0.5) is 0 Å². The Balaban J connectivity index is 1.63. The quantitative estimate of drug-likeness (QED) is 0.721. The van der Waals surface area contributed by atoms with Crippen LogP contribution < -0.4 is 16.6 Å². The summed E-state index contributed by atoms with van der Waals surface area (Å²) in [4.78, 5) is 32.8. The Kier molecular flexibility index (Phi) is 5.27. The lowest BCUT2D eigenvalue weighted by atomic mass is 10.2. The number of aryl methyl sites for hydroxylation is 2. The molecule has 2 aromatic heterocycles.